The molecule has 44 valence electrons. The first-order valence-electron chi connectivity index (χ1n) is 2.59. The quantitative estimate of drug-likeness (QED) is 0.378. The van der Waals surface area contributed by atoms with Crippen molar-refractivity contribution in [1.82, 2.24) is 0 Å². The van der Waals surface area contributed by atoms with Gasteiger partial charge in [0, 0.05) is 5.57 Å². The van der Waals surface area contributed by atoms with Crippen molar-refractivity contribution in [2.75, 3.05) is 0 Å². The van der Waals surface area contributed by atoms with Crippen LogP contribution in [0.3, 0.4) is 0 Å². The molecule has 1 rings (SSSR count). The second-order valence-electron chi connectivity index (χ2n) is 1.67. The number of hydrogen-bond donors (Lipinski definition) is 1. The molecule has 0 aliphatic heterocycles. The first-order chi connectivity index (χ1) is 4.34. The zero-order chi connectivity index (χ0) is 6.69. The largest absolute Gasteiger partial charge is 0.500 e. The average molecular weight is 118 g/mol. The van der Waals surface area contributed by atoms with Crippen LogP contribution in [0, 0.1) is 12.3 Å². The molecule has 1 nitrogen and oxygen atoms in total. The van der Waals surface area contributed by atoms with Crippen molar-refractivity contribution in [3.05, 3.63) is 35.6 Å². The Morgan fingerprint density at radius 3 is 2.44 bits per heavy atom. The van der Waals surface area contributed by atoms with E-state index < -0.39 is 0 Å². The van der Waals surface area contributed by atoms with Gasteiger partial charge in [-0.15, -0.1) is 6.42 Å². The number of rotatable bonds is 0. The lowest BCUT2D eigenvalue weighted by Crippen LogP contribution is -1.77. The van der Waals surface area contributed by atoms with E-state index in [1.807, 2.05) is 12.2 Å². The summed E-state index contributed by atoms with van der Waals surface area (Å²) in [5.74, 6) is 2.14. The molecule has 0 fully saturated rings. The summed E-state index contributed by atoms with van der Waals surface area (Å²) in [5.41, 5.74) is 0.706. The molecule has 0 aromatic heterocycles. The van der Waals surface area contributed by atoms with Crippen LogP contribution in [0.15, 0.2) is 35.6 Å². The molecule has 1 heteroatoms. The van der Waals surface area contributed by atoms with Crippen molar-refractivity contribution in [1.29, 1.82) is 0 Å². The Kier molecular flexibility index (Phi) is 1.42. The topological polar surface area (TPSA) is 20.2 Å². The van der Waals surface area contributed by atoms with Crippen LogP contribution in [-0.2, 0) is 0 Å². The van der Waals surface area contributed by atoms with E-state index in [2.05, 4.69) is 5.92 Å². The van der Waals surface area contributed by atoms with E-state index in [0.717, 1.165) is 0 Å². The molecule has 0 bridgehead atoms. The van der Waals surface area contributed by atoms with Gasteiger partial charge in [-0.1, -0.05) is 24.3 Å². The molecule has 0 unspecified atom stereocenters. The van der Waals surface area contributed by atoms with Gasteiger partial charge in [-0.25, -0.2) is 0 Å². The summed E-state index contributed by atoms with van der Waals surface area (Å²) in [6, 6.07) is 0. The summed E-state index contributed by atoms with van der Waals surface area (Å²) < 4.78 is 0. The lowest BCUT2D eigenvalue weighted by molar-refractivity contribution is 0.435. The van der Waals surface area contributed by atoms with Crippen LogP contribution in [0.1, 0.15) is 0 Å². The van der Waals surface area contributed by atoms with E-state index >= 15 is 0 Å². The van der Waals surface area contributed by atoms with Gasteiger partial charge in [0.25, 0.3) is 0 Å². The third kappa shape index (κ3) is 1.03. The molecule has 0 radical (unpaired) electrons. The summed E-state index contributed by atoms with van der Waals surface area (Å²) in [5, 5.41) is 8.90. The predicted molar refractivity (Wildman–Crippen MR) is 36.8 cm³/mol. The molecule has 0 heterocycles. The Bertz CT molecular complexity index is 222. The van der Waals surface area contributed by atoms with E-state index in [1.54, 1.807) is 12.2 Å². The molecule has 1 aliphatic rings. The van der Waals surface area contributed by atoms with Crippen LogP contribution in [0.25, 0.3) is 0 Å². The Labute approximate surface area is 54.0 Å². The number of terminal acetylenes is 1. The van der Waals surface area contributed by atoms with Crippen LogP contribution in [0.2, 0.25) is 0 Å². The lowest BCUT2D eigenvalue weighted by Gasteiger charge is -1.88. The highest BCUT2D eigenvalue weighted by molar-refractivity contribution is 5.45. The number of aliphatic hydroxyl groups is 1. The van der Waals surface area contributed by atoms with E-state index in [9.17, 15) is 0 Å². The normalized spacial score (nSPS) is 13.9. The second-order valence-corrected chi connectivity index (χ2v) is 1.67. The zero-order valence-electron chi connectivity index (χ0n) is 4.83. The molecule has 0 saturated heterocycles. The number of aliphatic hydroxyl groups excluding tert-OH is 1. The average Bonchev–Trinajstić information content (AvgIpc) is 2.37. The molecule has 1 N–H and O–H groups in total. The summed E-state index contributed by atoms with van der Waals surface area (Å²) >= 11 is 0. The summed E-state index contributed by atoms with van der Waals surface area (Å²) in [6.07, 6.45) is 12.1. The summed E-state index contributed by atoms with van der Waals surface area (Å²) in [6.45, 7) is 0. The fraction of sp³-hybridized carbons (Fsp3) is 0. The van der Waals surface area contributed by atoms with Crippen LogP contribution in [0.5, 0.6) is 0 Å². The third-order valence-corrected chi connectivity index (χ3v) is 1.07. The number of allylic oxidation sites excluding steroid dienone is 6. The number of hydrogen-bond acceptors (Lipinski definition) is 1. The van der Waals surface area contributed by atoms with Gasteiger partial charge in [0.1, 0.15) is 0 Å². The van der Waals surface area contributed by atoms with Gasteiger partial charge in [0.2, 0.25) is 0 Å². The van der Waals surface area contributed by atoms with Crippen LogP contribution >= 0.6 is 0 Å². The highest BCUT2D eigenvalue weighted by Gasteiger charge is 1.96. The first-order valence-corrected chi connectivity index (χ1v) is 2.59. The first kappa shape index (κ1) is 5.71. The molecule has 9 heavy (non-hydrogen) atoms. The van der Waals surface area contributed by atoms with Crippen molar-refractivity contribution < 1.29 is 5.11 Å². The highest BCUT2D eigenvalue weighted by atomic mass is 16.3. The maximum absolute atomic E-state index is 8.90. The fourth-order valence-electron chi connectivity index (χ4n) is 0.615. The molecule has 1 aliphatic carbocycles. The Morgan fingerprint density at radius 2 is 2.00 bits per heavy atom. The van der Waals surface area contributed by atoms with Gasteiger partial charge in [-0.05, 0) is 5.92 Å². The minimum absolute atomic E-state index is 0.000000000000000444. The van der Waals surface area contributed by atoms with E-state index in [-0.39, 0.29) is 5.76 Å². The second kappa shape index (κ2) is 2.23. The van der Waals surface area contributed by atoms with Gasteiger partial charge in [-0.2, -0.15) is 0 Å². The molecular formula is C8H6O. The molecule has 0 amide bonds. The van der Waals surface area contributed by atoms with Crippen molar-refractivity contribution >= 4 is 0 Å². The van der Waals surface area contributed by atoms with Crippen molar-refractivity contribution in [3.63, 3.8) is 0 Å². The van der Waals surface area contributed by atoms with E-state index in [4.69, 9.17) is 11.5 Å². The van der Waals surface area contributed by atoms with E-state index in [0.29, 0.717) is 5.57 Å². The minimum Gasteiger partial charge on any atom is -0.500 e. The maximum Gasteiger partial charge on any atom is 0.174 e. The van der Waals surface area contributed by atoms with Gasteiger partial charge >= 0.3 is 0 Å². The summed E-state index contributed by atoms with van der Waals surface area (Å²) in [4.78, 5) is 0. The monoisotopic (exact) mass is 118 g/mol. The molecule has 0 atom stereocenters. The van der Waals surface area contributed by atoms with Crippen molar-refractivity contribution in [2.24, 2.45) is 0 Å². The van der Waals surface area contributed by atoms with Crippen LogP contribution in [-0.4, -0.2) is 5.11 Å². The van der Waals surface area contributed by atoms with E-state index in [1.165, 1.54) is 0 Å². The Morgan fingerprint density at radius 1 is 1.44 bits per heavy atom. The predicted octanol–water partition coefficient (Wildman–Crippen LogP) is 1.56. The van der Waals surface area contributed by atoms with Gasteiger partial charge < -0.3 is 5.11 Å². The SMILES string of the molecule is C#CC(O)=C1C=CC=C1. The highest BCUT2D eigenvalue weighted by Crippen LogP contribution is 2.09. The molecule has 0 spiro atoms. The Balaban J connectivity index is 2.98. The van der Waals surface area contributed by atoms with Crippen LogP contribution < -0.4 is 0 Å². The Hall–Kier alpha value is -1.42. The standard InChI is InChI=1S/C8H6O/c1-2-8(9)7-5-3-4-6-7/h1,3-6,9H. The molecule has 0 aromatic rings. The van der Waals surface area contributed by atoms with Crippen molar-refractivity contribution in [2.45, 2.75) is 0 Å². The van der Waals surface area contributed by atoms with Gasteiger partial charge in [-0.3, -0.25) is 0 Å². The molecule has 0 saturated carbocycles. The maximum atomic E-state index is 8.90. The fourth-order valence-corrected chi connectivity index (χ4v) is 0.615. The zero-order valence-corrected chi connectivity index (χ0v) is 4.83. The molecule has 0 aromatic carbocycles. The molecular weight excluding hydrogens is 112 g/mol. The van der Waals surface area contributed by atoms with Gasteiger partial charge in [0.15, 0.2) is 5.76 Å². The smallest absolute Gasteiger partial charge is 0.174 e. The minimum atomic E-state index is 0.000000000000000444. The third-order valence-electron chi connectivity index (χ3n) is 1.07. The lowest BCUT2D eigenvalue weighted by atomic mass is 10.2. The van der Waals surface area contributed by atoms with Gasteiger partial charge in [0.05, 0.1) is 0 Å². The van der Waals surface area contributed by atoms with Crippen LogP contribution in [0.4, 0.5) is 0 Å². The summed E-state index contributed by atoms with van der Waals surface area (Å²) in [7, 11) is 0. The van der Waals surface area contributed by atoms with Crippen molar-refractivity contribution in [3.8, 4) is 12.3 Å².